The first-order valence-corrected chi connectivity index (χ1v) is 7.79. The van der Waals surface area contributed by atoms with Gasteiger partial charge >= 0.3 is 0 Å². The number of nitrogens with one attached hydrogen (secondary N) is 1. The van der Waals surface area contributed by atoms with E-state index in [4.69, 9.17) is 0 Å². The molecule has 1 aromatic rings. The second kappa shape index (κ2) is 5.02. The molecule has 18 heavy (non-hydrogen) atoms. The molecule has 1 aliphatic heterocycles. The van der Waals surface area contributed by atoms with Gasteiger partial charge in [0.05, 0.1) is 12.1 Å². The average Bonchev–Trinajstić information content (AvgIpc) is 2.98. The third-order valence-corrected chi connectivity index (χ3v) is 5.08. The number of carbonyl (C=O) groups is 1. The van der Waals surface area contributed by atoms with Crippen LogP contribution in [0.3, 0.4) is 0 Å². The summed E-state index contributed by atoms with van der Waals surface area (Å²) in [7, 11) is 0. The van der Waals surface area contributed by atoms with Gasteiger partial charge in [0, 0.05) is 11.4 Å². The Morgan fingerprint density at radius 3 is 3.22 bits per heavy atom. The second-order valence-electron chi connectivity index (χ2n) is 5.14. The molecular formula is C14H20N2OS. The Hall–Kier alpha value is -0.870. The zero-order valence-corrected chi connectivity index (χ0v) is 11.6. The van der Waals surface area contributed by atoms with E-state index in [2.05, 4.69) is 28.6 Å². The Bertz CT molecular complexity index is 443. The van der Waals surface area contributed by atoms with E-state index < -0.39 is 0 Å². The Morgan fingerprint density at radius 2 is 2.39 bits per heavy atom. The molecule has 0 radical (unpaired) electrons. The minimum atomic E-state index is 0.0546. The number of rotatable bonds is 3. The van der Waals surface area contributed by atoms with Crippen molar-refractivity contribution in [3.05, 3.63) is 21.9 Å². The molecule has 2 heterocycles. The SMILES string of the molecule is CCNC1CCN(C2CCCc3sccc32)C1=O. The molecule has 2 atom stereocenters. The van der Waals surface area contributed by atoms with Crippen LogP contribution < -0.4 is 5.32 Å². The van der Waals surface area contributed by atoms with Crippen molar-refractivity contribution in [1.29, 1.82) is 0 Å². The second-order valence-corrected chi connectivity index (χ2v) is 6.14. The molecule has 4 heteroatoms. The topological polar surface area (TPSA) is 32.3 Å². The highest BCUT2D eigenvalue weighted by molar-refractivity contribution is 7.10. The molecule has 0 saturated carbocycles. The van der Waals surface area contributed by atoms with Gasteiger partial charge in [0.25, 0.3) is 0 Å². The Kier molecular flexibility index (Phi) is 3.39. The molecule has 0 aromatic carbocycles. The van der Waals surface area contributed by atoms with Crippen LogP contribution in [0, 0.1) is 0 Å². The van der Waals surface area contributed by atoms with Gasteiger partial charge in [-0.05, 0) is 49.2 Å². The van der Waals surface area contributed by atoms with Crippen molar-refractivity contribution in [3.63, 3.8) is 0 Å². The summed E-state index contributed by atoms with van der Waals surface area (Å²) >= 11 is 1.85. The first-order chi connectivity index (χ1) is 8.81. The molecule has 2 unspecified atom stereocenters. The number of hydrogen-bond donors (Lipinski definition) is 1. The number of nitrogens with zero attached hydrogens (tertiary/aromatic N) is 1. The van der Waals surface area contributed by atoms with Crippen molar-refractivity contribution in [2.24, 2.45) is 0 Å². The summed E-state index contributed by atoms with van der Waals surface area (Å²) < 4.78 is 0. The summed E-state index contributed by atoms with van der Waals surface area (Å²) in [6.07, 6.45) is 4.51. The van der Waals surface area contributed by atoms with E-state index in [1.807, 2.05) is 11.3 Å². The van der Waals surface area contributed by atoms with E-state index in [1.54, 1.807) is 0 Å². The van der Waals surface area contributed by atoms with Crippen molar-refractivity contribution in [1.82, 2.24) is 10.2 Å². The summed E-state index contributed by atoms with van der Waals surface area (Å²) in [5.41, 5.74) is 1.41. The molecular weight excluding hydrogens is 244 g/mol. The van der Waals surface area contributed by atoms with Crippen LogP contribution in [0.1, 0.15) is 42.7 Å². The molecule has 1 amide bonds. The molecule has 0 spiro atoms. The van der Waals surface area contributed by atoms with Gasteiger partial charge in [-0.15, -0.1) is 11.3 Å². The Balaban J connectivity index is 1.79. The quantitative estimate of drug-likeness (QED) is 0.909. The van der Waals surface area contributed by atoms with Crippen LogP contribution in [0.2, 0.25) is 0 Å². The van der Waals surface area contributed by atoms with Gasteiger partial charge in [0.15, 0.2) is 0 Å². The van der Waals surface area contributed by atoms with Crippen molar-refractivity contribution >= 4 is 17.2 Å². The maximum Gasteiger partial charge on any atom is 0.240 e. The van der Waals surface area contributed by atoms with Gasteiger partial charge in [0.2, 0.25) is 5.91 Å². The van der Waals surface area contributed by atoms with Crippen molar-refractivity contribution in [2.45, 2.75) is 44.7 Å². The number of carbonyl (C=O) groups excluding carboxylic acids is 1. The highest BCUT2D eigenvalue weighted by atomic mass is 32.1. The van der Waals surface area contributed by atoms with Gasteiger partial charge in [-0.1, -0.05) is 6.92 Å². The summed E-state index contributed by atoms with van der Waals surface area (Å²) in [6, 6.07) is 2.62. The number of hydrogen-bond acceptors (Lipinski definition) is 3. The minimum Gasteiger partial charge on any atom is -0.334 e. The van der Waals surface area contributed by atoms with E-state index in [0.717, 1.165) is 25.9 Å². The standard InChI is InChI=1S/C14H20N2OS/c1-2-15-11-6-8-16(14(11)17)12-4-3-5-13-10(12)7-9-18-13/h7,9,11-12,15H,2-6,8H2,1H3. The molecule has 1 aliphatic carbocycles. The summed E-state index contributed by atoms with van der Waals surface area (Å²) in [5.74, 6) is 0.306. The van der Waals surface area contributed by atoms with E-state index in [9.17, 15) is 4.79 Å². The number of aryl methyl sites for hydroxylation is 1. The van der Waals surface area contributed by atoms with Crippen LogP contribution in [0.25, 0.3) is 0 Å². The zero-order valence-electron chi connectivity index (χ0n) is 10.8. The van der Waals surface area contributed by atoms with Gasteiger partial charge in [-0.3, -0.25) is 4.79 Å². The monoisotopic (exact) mass is 264 g/mol. The van der Waals surface area contributed by atoms with E-state index in [1.165, 1.54) is 23.3 Å². The van der Waals surface area contributed by atoms with Crippen LogP contribution in [0.4, 0.5) is 0 Å². The van der Waals surface area contributed by atoms with Crippen molar-refractivity contribution in [3.8, 4) is 0 Å². The number of thiophene rings is 1. The molecule has 98 valence electrons. The van der Waals surface area contributed by atoms with Crippen LogP contribution in [0.15, 0.2) is 11.4 Å². The lowest BCUT2D eigenvalue weighted by atomic mass is 9.93. The fraction of sp³-hybridized carbons (Fsp3) is 0.643. The van der Waals surface area contributed by atoms with E-state index >= 15 is 0 Å². The lowest BCUT2D eigenvalue weighted by molar-refractivity contribution is -0.131. The highest BCUT2D eigenvalue weighted by Gasteiger charge is 2.37. The van der Waals surface area contributed by atoms with Crippen LogP contribution >= 0.6 is 11.3 Å². The van der Waals surface area contributed by atoms with Crippen molar-refractivity contribution in [2.75, 3.05) is 13.1 Å². The predicted octanol–water partition coefficient (Wildman–Crippen LogP) is 2.34. The predicted molar refractivity (Wildman–Crippen MR) is 73.8 cm³/mol. The molecule has 1 aromatic heterocycles. The molecule has 1 N–H and O–H groups in total. The third-order valence-electron chi connectivity index (χ3n) is 4.09. The van der Waals surface area contributed by atoms with Gasteiger partial charge in [-0.25, -0.2) is 0 Å². The summed E-state index contributed by atoms with van der Waals surface area (Å²) in [5, 5.41) is 5.46. The fourth-order valence-corrected chi connectivity index (χ4v) is 4.21. The summed E-state index contributed by atoms with van der Waals surface area (Å²) in [4.78, 5) is 16.0. The minimum absolute atomic E-state index is 0.0546. The molecule has 1 saturated heterocycles. The molecule has 0 bridgehead atoms. The fourth-order valence-electron chi connectivity index (χ4n) is 3.23. The smallest absolute Gasteiger partial charge is 0.240 e. The number of likely N-dealkylation sites (tertiary alicyclic amines) is 1. The molecule has 1 fully saturated rings. The van der Waals surface area contributed by atoms with Crippen LogP contribution in [-0.4, -0.2) is 29.9 Å². The highest BCUT2D eigenvalue weighted by Crippen LogP contribution is 2.38. The Labute approximate surface area is 112 Å². The maximum atomic E-state index is 12.4. The number of fused-ring (bicyclic) bond motifs is 1. The van der Waals surface area contributed by atoms with Gasteiger partial charge < -0.3 is 10.2 Å². The summed E-state index contributed by atoms with van der Waals surface area (Å²) in [6.45, 7) is 3.85. The van der Waals surface area contributed by atoms with E-state index in [-0.39, 0.29) is 6.04 Å². The molecule has 2 aliphatic rings. The maximum absolute atomic E-state index is 12.4. The zero-order chi connectivity index (χ0) is 12.5. The molecule has 3 nitrogen and oxygen atoms in total. The molecule has 3 rings (SSSR count). The van der Waals surface area contributed by atoms with Crippen LogP contribution in [-0.2, 0) is 11.2 Å². The lowest BCUT2D eigenvalue weighted by Crippen LogP contribution is -2.40. The van der Waals surface area contributed by atoms with Gasteiger partial charge in [-0.2, -0.15) is 0 Å². The van der Waals surface area contributed by atoms with Gasteiger partial charge in [0.1, 0.15) is 0 Å². The number of likely N-dealkylation sites (N-methyl/N-ethyl adjacent to an activating group) is 1. The Morgan fingerprint density at radius 1 is 1.50 bits per heavy atom. The van der Waals surface area contributed by atoms with Crippen molar-refractivity contribution < 1.29 is 4.79 Å². The first-order valence-electron chi connectivity index (χ1n) is 6.91. The third kappa shape index (κ3) is 1.97. The van der Waals surface area contributed by atoms with Crippen LogP contribution in [0.5, 0.6) is 0 Å². The number of amides is 1. The lowest BCUT2D eigenvalue weighted by Gasteiger charge is -2.31. The largest absolute Gasteiger partial charge is 0.334 e. The van der Waals surface area contributed by atoms with E-state index in [0.29, 0.717) is 11.9 Å². The first kappa shape index (κ1) is 12.2. The average molecular weight is 264 g/mol. The normalized spacial score (nSPS) is 27.6.